The number of ketones is 1. The van der Waals surface area contributed by atoms with Crippen LogP contribution in [0.1, 0.15) is 27.0 Å². The summed E-state index contributed by atoms with van der Waals surface area (Å²) in [5.74, 6) is 0.0599. The second-order valence-electron chi connectivity index (χ2n) is 6.65. The Labute approximate surface area is 149 Å². The van der Waals surface area contributed by atoms with E-state index in [-0.39, 0.29) is 5.78 Å². The van der Waals surface area contributed by atoms with Crippen molar-refractivity contribution in [3.63, 3.8) is 0 Å². The van der Waals surface area contributed by atoms with E-state index in [0.29, 0.717) is 0 Å². The summed E-state index contributed by atoms with van der Waals surface area (Å²) in [6.45, 7) is 3.09. The van der Waals surface area contributed by atoms with E-state index in [9.17, 15) is 4.79 Å². The highest BCUT2D eigenvalue weighted by Gasteiger charge is 2.09. The van der Waals surface area contributed by atoms with Crippen molar-refractivity contribution in [3.05, 3.63) is 95.1 Å². The number of benzene rings is 3. The van der Waals surface area contributed by atoms with Crippen LogP contribution in [0.5, 0.6) is 0 Å². The maximum Gasteiger partial charge on any atom is 0.193 e. The fourth-order valence-electron chi connectivity index (χ4n) is 2.96. The molecule has 0 N–H and O–H groups in total. The average molecular weight is 329 g/mol. The van der Waals surface area contributed by atoms with Gasteiger partial charge in [0.1, 0.15) is 0 Å². The third-order valence-corrected chi connectivity index (χ3v) is 4.35. The molecule has 3 aromatic carbocycles. The Morgan fingerprint density at radius 3 is 2.00 bits per heavy atom. The molecule has 0 aliphatic heterocycles. The van der Waals surface area contributed by atoms with Gasteiger partial charge in [0.2, 0.25) is 0 Å². The van der Waals surface area contributed by atoms with Crippen LogP contribution < -0.4 is 0 Å². The summed E-state index contributed by atoms with van der Waals surface area (Å²) in [5.41, 5.74) is 6.37. The van der Waals surface area contributed by atoms with E-state index >= 15 is 0 Å². The van der Waals surface area contributed by atoms with E-state index in [1.165, 1.54) is 16.7 Å². The standard InChI is InChI=1S/C23H23NO/c1-17-15-21(13-14-22(17)16-24(2)3)18-9-11-20(12-10-18)23(25)19-7-5-4-6-8-19/h4-15H,16H2,1-3H3. The van der Waals surface area contributed by atoms with Crippen molar-refractivity contribution in [1.29, 1.82) is 0 Å². The topological polar surface area (TPSA) is 20.3 Å². The molecule has 0 saturated carbocycles. The molecule has 2 heteroatoms. The summed E-state index contributed by atoms with van der Waals surface area (Å²) in [4.78, 5) is 14.7. The van der Waals surface area contributed by atoms with Gasteiger partial charge >= 0.3 is 0 Å². The largest absolute Gasteiger partial charge is 0.305 e. The van der Waals surface area contributed by atoms with Crippen LogP contribution in [-0.2, 0) is 6.54 Å². The van der Waals surface area contributed by atoms with Gasteiger partial charge in [-0.25, -0.2) is 0 Å². The van der Waals surface area contributed by atoms with Crippen LogP contribution in [0.3, 0.4) is 0 Å². The molecule has 0 aliphatic carbocycles. The van der Waals surface area contributed by atoms with Crippen molar-refractivity contribution in [3.8, 4) is 11.1 Å². The summed E-state index contributed by atoms with van der Waals surface area (Å²) in [7, 11) is 4.16. The zero-order valence-corrected chi connectivity index (χ0v) is 15.0. The molecule has 0 aromatic heterocycles. The number of hydrogen-bond acceptors (Lipinski definition) is 2. The minimum atomic E-state index is 0.0599. The predicted octanol–water partition coefficient (Wildman–Crippen LogP) is 4.95. The molecule has 0 bridgehead atoms. The van der Waals surface area contributed by atoms with E-state index in [2.05, 4.69) is 44.1 Å². The summed E-state index contributed by atoms with van der Waals surface area (Å²) in [5, 5.41) is 0. The Kier molecular flexibility index (Phi) is 5.11. The van der Waals surface area contributed by atoms with Crippen molar-refractivity contribution in [2.75, 3.05) is 14.1 Å². The van der Waals surface area contributed by atoms with Crippen molar-refractivity contribution in [2.45, 2.75) is 13.5 Å². The van der Waals surface area contributed by atoms with Crippen molar-refractivity contribution in [1.82, 2.24) is 4.90 Å². The third kappa shape index (κ3) is 4.04. The first-order chi connectivity index (χ1) is 12.0. The molecule has 3 aromatic rings. The maximum atomic E-state index is 12.5. The van der Waals surface area contributed by atoms with Crippen LogP contribution in [0.25, 0.3) is 11.1 Å². The van der Waals surface area contributed by atoms with Crippen molar-refractivity contribution >= 4 is 5.78 Å². The molecule has 0 radical (unpaired) electrons. The van der Waals surface area contributed by atoms with Gasteiger partial charge in [-0.3, -0.25) is 4.79 Å². The molecule has 0 unspecified atom stereocenters. The number of aryl methyl sites for hydroxylation is 1. The average Bonchev–Trinajstić information content (AvgIpc) is 2.63. The minimum Gasteiger partial charge on any atom is -0.305 e. The fraction of sp³-hybridized carbons (Fsp3) is 0.174. The quantitative estimate of drug-likeness (QED) is 0.617. The van der Waals surface area contributed by atoms with Crippen LogP contribution in [0, 0.1) is 6.92 Å². The molecule has 0 atom stereocenters. The maximum absolute atomic E-state index is 12.5. The first-order valence-electron chi connectivity index (χ1n) is 8.49. The third-order valence-electron chi connectivity index (χ3n) is 4.35. The first kappa shape index (κ1) is 17.1. The zero-order chi connectivity index (χ0) is 17.8. The molecule has 2 nitrogen and oxygen atoms in total. The summed E-state index contributed by atoms with van der Waals surface area (Å²) >= 11 is 0. The number of rotatable bonds is 5. The number of hydrogen-bond donors (Lipinski definition) is 0. The highest BCUT2D eigenvalue weighted by atomic mass is 16.1. The molecule has 126 valence electrons. The van der Waals surface area contributed by atoms with E-state index in [1.54, 1.807) is 0 Å². The first-order valence-corrected chi connectivity index (χ1v) is 8.49. The Balaban J connectivity index is 1.83. The summed E-state index contributed by atoms with van der Waals surface area (Å²) < 4.78 is 0. The molecule has 25 heavy (non-hydrogen) atoms. The lowest BCUT2D eigenvalue weighted by molar-refractivity contribution is 0.103. The van der Waals surface area contributed by atoms with Crippen molar-refractivity contribution < 1.29 is 4.79 Å². The fourth-order valence-corrected chi connectivity index (χ4v) is 2.96. The van der Waals surface area contributed by atoms with Gasteiger partial charge in [0.15, 0.2) is 5.78 Å². The van der Waals surface area contributed by atoms with Gasteiger partial charge in [-0.1, -0.05) is 72.8 Å². The van der Waals surface area contributed by atoms with Gasteiger partial charge in [0.05, 0.1) is 0 Å². The summed E-state index contributed by atoms with van der Waals surface area (Å²) in [6.07, 6.45) is 0. The lowest BCUT2D eigenvalue weighted by Crippen LogP contribution is -2.11. The number of carbonyl (C=O) groups is 1. The van der Waals surface area contributed by atoms with E-state index in [1.807, 2.05) is 54.6 Å². The van der Waals surface area contributed by atoms with Crippen LogP contribution >= 0.6 is 0 Å². The second kappa shape index (κ2) is 7.45. The smallest absolute Gasteiger partial charge is 0.193 e. The van der Waals surface area contributed by atoms with Crippen LogP contribution in [0.15, 0.2) is 72.8 Å². The minimum absolute atomic E-state index is 0.0599. The molecule has 0 heterocycles. The normalized spacial score (nSPS) is 10.9. The Morgan fingerprint density at radius 2 is 1.40 bits per heavy atom. The molecular formula is C23H23NO. The highest BCUT2D eigenvalue weighted by molar-refractivity contribution is 6.09. The molecule has 3 rings (SSSR count). The van der Waals surface area contributed by atoms with Gasteiger partial charge in [-0.15, -0.1) is 0 Å². The molecular weight excluding hydrogens is 306 g/mol. The highest BCUT2D eigenvalue weighted by Crippen LogP contribution is 2.24. The lowest BCUT2D eigenvalue weighted by atomic mass is 9.97. The van der Waals surface area contributed by atoms with Gasteiger partial charge < -0.3 is 4.90 Å². The molecule has 0 spiro atoms. The Morgan fingerprint density at radius 1 is 0.800 bits per heavy atom. The number of nitrogens with zero attached hydrogens (tertiary/aromatic N) is 1. The molecule has 0 saturated heterocycles. The second-order valence-corrected chi connectivity index (χ2v) is 6.65. The van der Waals surface area contributed by atoms with E-state index in [0.717, 1.165) is 23.2 Å². The van der Waals surface area contributed by atoms with Gasteiger partial charge in [0.25, 0.3) is 0 Å². The van der Waals surface area contributed by atoms with Crippen LogP contribution in [0.4, 0.5) is 0 Å². The van der Waals surface area contributed by atoms with E-state index in [4.69, 9.17) is 0 Å². The van der Waals surface area contributed by atoms with Crippen LogP contribution in [0.2, 0.25) is 0 Å². The molecule has 0 fully saturated rings. The van der Waals surface area contributed by atoms with Gasteiger partial charge in [0, 0.05) is 17.7 Å². The summed E-state index contributed by atoms with van der Waals surface area (Å²) in [6, 6.07) is 23.8. The predicted molar refractivity (Wildman–Crippen MR) is 104 cm³/mol. The molecule has 0 amide bonds. The molecule has 0 aliphatic rings. The van der Waals surface area contributed by atoms with Crippen molar-refractivity contribution in [2.24, 2.45) is 0 Å². The van der Waals surface area contributed by atoms with Gasteiger partial charge in [-0.05, 0) is 43.3 Å². The van der Waals surface area contributed by atoms with Gasteiger partial charge in [-0.2, -0.15) is 0 Å². The number of carbonyl (C=O) groups excluding carboxylic acids is 1. The SMILES string of the molecule is Cc1cc(-c2ccc(C(=O)c3ccccc3)cc2)ccc1CN(C)C. The Bertz CT molecular complexity index is 864. The lowest BCUT2D eigenvalue weighted by Gasteiger charge is -2.13. The van der Waals surface area contributed by atoms with Crippen LogP contribution in [-0.4, -0.2) is 24.8 Å². The van der Waals surface area contributed by atoms with E-state index < -0.39 is 0 Å². The monoisotopic (exact) mass is 329 g/mol. The Hall–Kier alpha value is -2.71. The zero-order valence-electron chi connectivity index (χ0n) is 15.0.